The number of rotatable bonds is 41. The number of amides is 1. The van der Waals surface area contributed by atoms with Gasteiger partial charge in [0.15, 0.2) is 0 Å². The molecule has 0 fully saturated rings. The van der Waals surface area contributed by atoms with Crippen molar-refractivity contribution in [1.29, 1.82) is 0 Å². The summed E-state index contributed by atoms with van der Waals surface area (Å²) in [5, 5.41) is 43.7. The minimum absolute atomic E-state index is 0.344. The molecule has 4 atom stereocenters. The molecule has 1 amide bonds. The molecule has 0 aliphatic rings. The third kappa shape index (κ3) is 37.4. The quantitative estimate of drug-likeness (QED) is 0.0314. The lowest BCUT2D eigenvalue weighted by molar-refractivity contribution is -0.132. The Morgan fingerprint density at radius 1 is 0.455 bits per heavy atom. The van der Waals surface area contributed by atoms with Gasteiger partial charge in [0.25, 0.3) is 0 Å². The highest BCUT2D eigenvalue weighted by Crippen LogP contribution is 2.14. The molecule has 0 saturated heterocycles. The second-order valence-electron chi connectivity index (χ2n) is 15.7. The summed E-state index contributed by atoms with van der Waals surface area (Å²) in [6, 6.07) is -1.02. The van der Waals surface area contributed by atoms with Crippen LogP contribution in [0, 0.1) is 0 Å². The summed E-state index contributed by atoms with van der Waals surface area (Å²) in [5.74, 6) is -0.610. The number of nitrogens with one attached hydrogen (secondary N) is 1. The van der Waals surface area contributed by atoms with E-state index in [1.807, 2.05) is 0 Å². The van der Waals surface area contributed by atoms with E-state index in [1.54, 1.807) is 0 Å². The Bertz CT molecular complexity index is 957. The molecule has 0 aromatic rings. The number of hydrogen-bond donors (Lipinski definition) is 5. The Hall–Kier alpha value is -1.99. The fraction of sp³-hybridized carbons (Fsp3) is 0.776. The van der Waals surface area contributed by atoms with Gasteiger partial charge in [-0.25, -0.2) is 0 Å². The second-order valence-corrected chi connectivity index (χ2v) is 15.7. The number of allylic oxidation sites excluding steroid dienone is 10. The largest absolute Gasteiger partial charge is 0.394 e. The van der Waals surface area contributed by atoms with E-state index in [4.69, 9.17) is 0 Å². The van der Waals surface area contributed by atoms with Crippen LogP contribution in [0.15, 0.2) is 60.8 Å². The van der Waals surface area contributed by atoms with Crippen molar-refractivity contribution >= 4 is 5.91 Å². The Morgan fingerprint density at radius 3 is 1.29 bits per heavy atom. The molecule has 0 spiro atoms. The van der Waals surface area contributed by atoms with Crippen LogP contribution in [-0.2, 0) is 4.79 Å². The summed E-state index contributed by atoms with van der Waals surface area (Å²) in [6.45, 7) is 4.00. The van der Waals surface area contributed by atoms with Gasteiger partial charge in [-0.05, 0) is 96.3 Å². The van der Waals surface area contributed by atoms with E-state index >= 15 is 0 Å². The lowest BCUT2D eigenvalue weighted by Crippen LogP contribution is -2.53. The van der Waals surface area contributed by atoms with E-state index in [-0.39, 0.29) is 0 Å². The molecule has 4 unspecified atom stereocenters. The maximum Gasteiger partial charge on any atom is 0.249 e. The van der Waals surface area contributed by atoms with Gasteiger partial charge in [-0.2, -0.15) is 0 Å². The van der Waals surface area contributed by atoms with Crippen molar-refractivity contribution in [1.82, 2.24) is 5.32 Å². The van der Waals surface area contributed by atoms with Crippen molar-refractivity contribution < 1.29 is 25.2 Å². The van der Waals surface area contributed by atoms with E-state index < -0.39 is 36.9 Å². The van der Waals surface area contributed by atoms with Gasteiger partial charge in [-0.15, -0.1) is 0 Å². The number of carbonyl (C=O) groups is 1. The minimum Gasteiger partial charge on any atom is -0.394 e. The van der Waals surface area contributed by atoms with Crippen LogP contribution in [0.2, 0.25) is 0 Å². The first kappa shape index (κ1) is 53.0. The van der Waals surface area contributed by atoms with Gasteiger partial charge in [0.05, 0.1) is 18.8 Å². The Labute approximate surface area is 340 Å². The van der Waals surface area contributed by atoms with Crippen molar-refractivity contribution in [3.05, 3.63) is 60.8 Å². The Morgan fingerprint density at radius 2 is 0.818 bits per heavy atom. The maximum atomic E-state index is 12.5. The van der Waals surface area contributed by atoms with E-state index in [9.17, 15) is 25.2 Å². The normalized spacial score (nSPS) is 14.7. The lowest BCUT2D eigenvalue weighted by atomic mass is 10.00. The molecule has 0 radical (unpaired) electrons. The molecular formula is C49H89NO5. The van der Waals surface area contributed by atoms with Gasteiger partial charge in [0, 0.05) is 0 Å². The fourth-order valence-electron chi connectivity index (χ4n) is 6.70. The SMILES string of the molecule is CCCCC/C=C\C/C=C\CCCCCCCCC(O)C(=O)NC(CO)C(O)C(O)CCC/C=C/CC/C=C/CC/C=C/CCCCCCCCCCCC. The fourth-order valence-corrected chi connectivity index (χ4v) is 6.70. The first-order chi connectivity index (χ1) is 27.0. The van der Waals surface area contributed by atoms with Crippen molar-refractivity contribution in [2.45, 2.75) is 237 Å². The van der Waals surface area contributed by atoms with E-state index in [2.05, 4.69) is 79.9 Å². The highest BCUT2D eigenvalue weighted by molar-refractivity contribution is 5.80. The predicted octanol–water partition coefficient (Wildman–Crippen LogP) is 12.5. The lowest BCUT2D eigenvalue weighted by Gasteiger charge is -2.27. The van der Waals surface area contributed by atoms with Crippen LogP contribution in [-0.4, -0.2) is 57.3 Å². The van der Waals surface area contributed by atoms with Gasteiger partial charge >= 0.3 is 0 Å². The first-order valence-electron chi connectivity index (χ1n) is 23.2. The second kappa shape index (κ2) is 43.1. The predicted molar refractivity (Wildman–Crippen MR) is 237 cm³/mol. The Balaban J connectivity index is 3.84. The summed E-state index contributed by atoms with van der Waals surface area (Å²) >= 11 is 0. The number of aliphatic hydroxyl groups is 4. The maximum absolute atomic E-state index is 12.5. The van der Waals surface area contributed by atoms with E-state index in [0.717, 1.165) is 70.6 Å². The molecule has 6 heteroatoms. The molecule has 0 rings (SSSR count). The zero-order chi connectivity index (χ0) is 40.3. The number of hydrogen-bond acceptors (Lipinski definition) is 5. The monoisotopic (exact) mass is 772 g/mol. The van der Waals surface area contributed by atoms with Gasteiger partial charge < -0.3 is 25.7 Å². The van der Waals surface area contributed by atoms with Gasteiger partial charge in [-0.1, -0.05) is 177 Å². The highest BCUT2D eigenvalue weighted by atomic mass is 16.3. The highest BCUT2D eigenvalue weighted by Gasteiger charge is 2.28. The average Bonchev–Trinajstić information content (AvgIpc) is 3.19. The molecule has 0 aromatic carbocycles. The molecule has 0 aromatic heterocycles. The van der Waals surface area contributed by atoms with Crippen LogP contribution in [0.25, 0.3) is 0 Å². The minimum atomic E-state index is -1.30. The van der Waals surface area contributed by atoms with Gasteiger partial charge in [-0.3, -0.25) is 4.79 Å². The van der Waals surface area contributed by atoms with Crippen LogP contribution >= 0.6 is 0 Å². The van der Waals surface area contributed by atoms with Crippen LogP contribution < -0.4 is 5.32 Å². The Kier molecular flexibility index (Phi) is 41.6. The average molecular weight is 772 g/mol. The van der Waals surface area contributed by atoms with Crippen LogP contribution in [0.3, 0.4) is 0 Å². The molecule has 55 heavy (non-hydrogen) atoms. The smallest absolute Gasteiger partial charge is 0.249 e. The van der Waals surface area contributed by atoms with Crippen LogP contribution in [0.4, 0.5) is 0 Å². The molecule has 0 bridgehead atoms. The molecule has 0 aliphatic heterocycles. The summed E-state index contributed by atoms with van der Waals surface area (Å²) in [5.41, 5.74) is 0. The van der Waals surface area contributed by atoms with E-state index in [1.165, 1.54) is 109 Å². The topological polar surface area (TPSA) is 110 Å². The summed E-state index contributed by atoms with van der Waals surface area (Å²) in [6.07, 6.45) is 53.9. The van der Waals surface area contributed by atoms with E-state index in [0.29, 0.717) is 19.3 Å². The molecule has 0 saturated carbocycles. The van der Waals surface area contributed by atoms with Gasteiger partial charge in [0.1, 0.15) is 12.2 Å². The summed E-state index contributed by atoms with van der Waals surface area (Å²) < 4.78 is 0. The molecule has 0 heterocycles. The third-order valence-corrected chi connectivity index (χ3v) is 10.4. The van der Waals surface area contributed by atoms with Gasteiger partial charge in [0.2, 0.25) is 5.91 Å². The van der Waals surface area contributed by atoms with Crippen LogP contribution in [0.1, 0.15) is 213 Å². The molecular weight excluding hydrogens is 683 g/mol. The van der Waals surface area contributed by atoms with Crippen molar-refractivity contribution in [3.8, 4) is 0 Å². The number of unbranched alkanes of at least 4 members (excludes halogenated alkanes) is 22. The van der Waals surface area contributed by atoms with Crippen LogP contribution in [0.5, 0.6) is 0 Å². The van der Waals surface area contributed by atoms with Crippen molar-refractivity contribution in [2.24, 2.45) is 0 Å². The first-order valence-corrected chi connectivity index (χ1v) is 23.2. The van der Waals surface area contributed by atoms with Crippen molar-refractivity contribution in [3.63, 3.8) is 0 Å². The number of carbonyl (C=O) groups excluding carboxylic acids is 1. The zero-order valence-electron chi connectivity index (χ0n) is 35.9. The molecule has 320 valence electrons. The molecule has 5 N–H and O–H groups in total. The standard InChI is InChI=1S/C49H89NO5/c1-3-5-7-9-11-13-15-17-19-21-22-23-24-25-26-27-29-30-32-34-36-38-40-42-46(52)48(54)45(44-51)50-49(55)47(53)43-41-39-37-35-33-31-28-20-18-16-14-12-10-8-6-4-2/h12,14,18,20,23-24,27,29,34,36,45-48,51-54H,3-11,13,15-17,19,21-22,25-26,28,30-33,35,37-44H2,1-2H3,(H,50,55)/b14-12-,20-18-,24-23+,29-27+,36-34+. The number of aliphatic hydroxyl groups excluding tert-OH is 4. The van der Waals surface area contributed by atoms with Crippen molar-refractivity contribution in [2.75, 3.05) is 6.61 Å². The zero-order valence-corrected chi connectivity index (χ0v) is 35.9. The molecule has 6 nitrogen and oxygen atoms in total. The third-order valence-electron chi connectivity index (χ3n) is 10.4. The summed E-state index contributed by atoms with van der Waals surface area (Å²) in [4.78, 5) is 12.5. The summed E-state index contributed by atoms with van der Waals surface area (Å²) in [7, 11) is 0. The molecule has 0 aliphatic carbocycles.